The number of hydrogen-bond donors (Lipinski definition) is 1. The molecule has 2 aromatic rings. The first-order chi connectivity index (χ1) is 11.3. The number of fused-ring (bicyclic) bond motifs is 1. The average molecular weight is 311 g/mol. The summed E-state index contributed by atoms with van der Waals surface area (Å²) < 4.78 is 2.29. The summed E-state index contributed by atoms with van der Waals surface area (Å²) in [6, 6.07) is 7.25. The third-order valence-electron chi connectivity index (χ3n) is 5.51. The van der Waals surface area contributed by atoms with Crippen molar-refractivity contribution in [1.29, 1.82) is 0 Å². The maximum Gasteiger partial charge on any atom is 0.220 e. The summed E-state index contributed by atoms with van der Waals surface area (Å²) in [5.74, 6) is 0.483. The predicted octanol–water partition coefficient (Wildman–Crippen LogP) is 3.71. The molecule has 1 aliphatic carbocycles. The van der Waals surface area contributed by atoms with Gasteiger partial charge in [0.25, 0.3) is 0 Å². The van der Waals surface area contributed by atoms with Gasteiger partial charge in [-0.25, -0.2) is 0 Å². The minimum absolute atomic E-state index is 0.171. The highest BCUT2D eigenvalue weighted by Crippen LogP contribution is 2.34. The summed E-state index contributed by atoms with van der Waals surface area (Å²) >= 11 is 0. The van der Waals surface area contributed by atoms with Crippen molar-refractivity contribution in [2.75, 3.05) is 6.54 Å². The molecule has 1 unspecified atom stereocenters. The molecule has 4 nitrogen and oxygen atoms in total. The van der Waals surface area contributed by atoms with Crippen LogP contribution >= 0.6 is 0 Å². The van der Waals surface area contributed by atoms with E-state index < -0.39 is 0 Å². The highest BCUT2D eigenvalue weighted by atomic mass is 16.1. The lowest BCUT2D eigenvalue weighted by atomic mass is 9.94. The molecule has 0 radical (unpaired) electrons. The van der Waals surface area contributed by atoms with Crippen LogP contribution in [0.1, 0.15) is 68.7 Å². The molecule has 1 aliphatic heterocycles. The molecule has 2 heterocycles. The lowest BCUT2D eigenvalue weighted by molar-refractivity contribution is -0.119. The van der Waals surface area contributed by atoms with Crippen molar-refractivity contribution in [3.63, 3.8) is 0 Å². The standard InChI is InChI=1S/C19H25N3O/c1-2-17-16-9-8-13(14-11-19(23)20-12-14)10-18(16)22(21-17)15-6-4-3-5-7-15/h8-10,14-15H,2-7,11-12H2,1H3,(H,20,23). The molecule has 1 N–H and O–H groups in total. The molecule has 1 saturated carbocycles. The third kappa shape index (κ3) is 2.64. The number of carbonyl (C=O) groups is 1. The lowest BCUT2D eigenvalue weighted by Gasteiger charge is -2.23. The Bertz CT molecular complexity index is 728. The van der Waals surface area contributed by atoms with Gasteiger partial charge in [0.1, 0.15) is 0 Å². The van der Waals surface area contributed by atoms with E-state index in [0.29, 0.717) is 18.4 Å². The molecule has 0 bridgehead atoms. The van der Waals surface area contributed by atoms with E-state index in [4.69, 9.17) is 5.10 Å². The Kier molecular flexibility index (Phi) is 3.83. The number of aryl methyl sites for hydroxylation is 1. The van der Waals surface area contributed by atoms with Crippen LogP contribution in [0.25, 0.3) is 10.9 Å². The minimum Gasteiger partial charge on any atom is -0.355 e. The second-order valence-corrected chi connectivity index (χ2v) is 7.02. The van der Waals surface area contributed by atoms with Gasteiger partial charge in [-0.2, -0.15) is 5.10 Å². The van der Waals surface area contributed by atoms with Gasteiger partial charge >= 0.3 is 0 Å². The predicted molar refractivity (Wildman–Crippen MR) is 91.6 cm³/mol. The first-order valence-corrected chi connectivity index (χ1v) is 9.04. The molecule has 4 rings (SSSR count). The molecule has 2 aliphatic rings. The number of amides is 1. The van der Waals surface area contributed by atoms with Gasteiger partial charge in [-0.3, -0.25) is 9.48 Å². The van der Waals surface area contributed by atoms with Gasteiger partial charge in [-0.1, -0.05) is 38.3 Å². The Morgan fingerprint density at radius 2 is 2.09 bits per heavy atom. The summed E-state index contributed by atoms with van der Waals surface area (Å²) in [7, 11) is 0. The number of benzene rings is 1. The molecule has 1 atom stereocenters. The van der Waals surface area contributed by atoms with Crippen molar-refractivity contribution < 1.29 is 4.79 Å². The van der Waals surface area contributed by atoms with Gasteiger partial charge < -0.3 is 5.32 Å². The molecule has 1 saturated heterocycles. The normalized spacial score (nSPS) is 22.7. The first-order valence-electron chi connectivity index (χ1n) is 9.04. The van der Waals surface area contributed by atoms with Crippen LogP contribution in [0.5, 0.6) is 0 Å². The van der Waals surface area contributed by atoms with E-state index in [2.05, 4.69) is 35.1 Å². The van der Waals surface area contributed by atoms with Gasteiger partial charge in [0.2, 0.25) is 5.91 Å². The number of aromatic nitrogens is 2. The smallest absolute Gasteiger partial charge is 0.220 e. The van der Waals surface area contributed by atoms with Gasteiger partial charge in [-0.15, -0.1) is 0 Å². The van der Waals surface area contributed by atoms with Gasteiger partial charge in [0, 0.05) is 24.3 Å². The highest BCUT2D eigenvalue weighted by Gasteiger charge is 2.25. The van der Waals surface area contributed by atoms with Crippen LogP contribution in [-0.4, -0.2) is 22.2 Å². The Morgan fingerprint density at radius 1 is 1.26 bits per heavy atom. The minimum atomic E-state index is 0.171. The van der Waals surface area contributed by atoms with Crippen LogP contribution in [0.15, 0.2) is 18.2 Å². The average Bonchev–Trinajstić information content (AvgIpc) is 3.18. The summed E-state index contributed by atoms with van der Waals surface area (Å²) in [6.45, 7) is 2.95. The second-order valence-electron chi connectivity index (χ2n) is 7.02. The van der Waals surface area contributed by atoms with E-state index >= 15 is 0 Å². The maximum absolute atomic E-state index is 11.5. The maximum atomic E-state index is 11.5. The number of nitrogens with zero attached hydrogens (tertiary/aromatic N) is 2. The summed E-state index contributed by atoms with van der Waals surface area (Å²) in [5, 5.41) is 9.19. The molecule has 4 heteroatoms. The van der Waals surface area contributed by atoms with E-state index in [9.17, 15) is 4.79 Å². The van der Waals surface area contributed by atoms with Gasteiger partial charge in [0.15, 0.2) is 0 Å². The summed E-state index contributed by atoms with van der Waals surface area (Å²) in [5.41, 5.74) is 3.75. The zero-order chi connectivity index (χ0) is 15.8. The van der Waals surface area contributed by atoms with Gasteiger partial charge in [-0.05, 0) is 30.9 Å². The van der Waals surface area contributed by atoms with Crippen LogP contribution < -0.4 is 5.32 Å². The molecule has 1 aromatic heterocycles. The first kappa shape index (κ1) is 14.7. The zero-order valence-corrected chi connectivity index (χ0v) is 13.8. The number of rotatable bonds is 3. The molecule has 1 aromatic carbocycles. The van der Waals surface area contributed by atoms with Crippen LogP contribution in [0, 0.1) is 0 Å². The molecular weight excluding hydrogens is 286 g/mol. The summed E-state index contributed by atoms with van der Waals surface area (Å²) in [4.78, 5) is 11.5. The molecule has 122 valence electrons. The van der Waals surface area contributed by atoms with E-state index in [-0.39, 0.29) is 5.91 Å². The fourth-order valence-corrected chi connectivity index (χ4v) is 4.18. The fourth-order valence-electron chi connectivity index (χ4n) is 4.18. The van der Waals surface area contributed by atoms with Crippen molar-refractivity contribution in [2.45, 2.75) is 63.8 Å². The molecule has 23 heavy (non-hydrogen) atoms. The number of hydrogen-bond acceptors (Lipinski definition) is 2. The van der Waals surface area contributed by atoms with Crippen molar-refractivity contribution in [2.24, 2.45) is 0 Å². The van der Waals surface area contributed by atoms with Gasteiger partial charge in [0.05, 0.1) is 17.3 Å². The van der Waals surface area contributed by atoms with E-state index in [1.54, 1.807) is 0 Å². The Hall–Kier alpha value is -1.84. The highest BCUT2D eigenvalue weighted by molar-refractivity contribution is 5.84. The second kappa shape index (κ2) is 5.99. The Morgan fingerprint density at radius 3 is 2.78 bits per heavy atom. The van der Waals surface area contributed by atoms with E-state index in [1.165, 1.54) is 54.3 Å². The largest absolute Gasteiger partial charge is 0.355 e. The van der Waals surface area contributed by atoms with Crippen LogP contribution in [0.4, 0.5) is 0 Å². The number of carbonyl (C=O) groups excluding carboxylic acids is 1. The van der Waals surface area contributed by atoms with Crippen molar-refractivity contribution >= 4 is 16.8 Å². The van der Waals surface area contributed by atoms with Crippen LogP contribution in [0.3, 0.4) is 0 Å². The molecule has 2 fully saturated rings. The zero-order valence-electron chi connectivity index (χ0n) is 13.8. The fraction of sp³-hybridized carbons (Fsp3) is 0.579. The topological polar surface area (TPSA) is 46.9 Å². The van der Waals surface area contributed by atoms with Crippen LogP contribution in [-0.2, 0) is 11.2 Å². The van der Waals surface area contributed by atoms with Crippen LogP contribution in [0.2, 0.25) is 0 Å². The SMILES string of the molecule is CCc1nn(C2CCCCC2)c2cc(C3CNC(=O)C3)ccc12. The lowest BCUT2D eigenvalue weighted by Crippen LogP contribution is -2.14. The quantitative estimate of drug-likeness (QED) is 0.939. The number of nitrogens with one attached hydrogen (secondary N) is 1. The third-order valence-corrected chi connectivity index (χ3v) is 5.51. The van der Waals surface area contributed by atoms with E-state index in [0.717, 1.165) is 13.0 Å². The molecular formula is C19H25N3O. The monoisotopic (exact) mass is 311 g/mol. The molecule has 1 amide bonds. The van der Waals surface area contributed by atoms with Crippen molar-refractivity contribution in [3.8, 4) is 0 Å². The summed E-state index contributed by atoms with van der Waals surface area (Å²) in [6.07, 6.45) is 8.06. The molecule has 0 spiro atoms. The Balaban J connectivity index is 1.76. The van der Waals surface area contributed by atoms with Crippen molar-refractivity contribution in [3.05, 3.63) is 29.5 Å². The Labute approximate surface area is 137 Å². The van der Waals surface area contributed by atoms with Crippen molar-refractivity contribution in [1.82, 2.24) is 15.1 Å². The van der Waals surface area contributed by atoms with E-state index in [1.807, 2.05) is 0 Å².